The second-order valence-electron chi connectivity index (χ2n) is 6.72. The summed E-state index contributed by atoms with van der Waals surface area (Å²) in [6.07, 6.45) is 0. The monoisotopic (exact) mass is 400 g/mol. The van der Waals surface area contributed by atoms with Crippen molar-refractivity contribution in [2.75, 3.05) is 56.6 Å². The van der Waals surface area contributed by atoms with Crippen LogP contribution in [0, 0.1) is 5.82 Å². The molecule has 3 rings (SSSR count). The molecule has 1 aliphatic heterocycles. The number of rotatable bonds is 6. The number of piperazine rings is 1. The zero-order valence-corrected chi connectivity index (χ0v) is 16.4. The number of ether oxygens (including phenoxy) is 1. The third kappa shape index (κ3) is 5.68. The lowest BCUT2D eigenvalue weighted by Crippen LogP contribution is -2.49. The van der Waals surface area contributed by atoms with Crippen molar-refractivity contribution in [3.05, 3.63) is 54.3 Å². The SMILES string of the molecule is COc1ccccc1NC(=O)C(=O)NCCN1CCN(c2ccc(F)cc2)CC1. The van der Waals surface area contributed by atoms with Crippen LogP contribution in [0.4, 0.5) is 15.8 Å². The Morgan fingerprint density at radius 3 is 2.38 bits per heavy atom. The molecule has 8 heteroatoms. The van der Waals surface area contributed by atoms with Gasteiger partial charge in [-0.25, -0.2) is 4.39 Å². The number of anilines is 2. The number of nitrogens with one attached hydrogen (secondary N) is 2. The van der Waals surface area contributed by atoms with E-state index in [1.807, 2.05) is 0 Å². The van der Waals surface area contributed by atoms with E-state index in [2.05, 4.69) is 20.4 Å². The van der Waals surface area contributed by atoms with E-state index in [1.54, 1.807) is 36.4 Å². The van der Waals surface area contributed by atoms with Gasteiger partial charge in [-0.1, -0.05) is 12.1 Å². The van der Waals surface area contributed by atoms with E-state index in [4.69, 9.17) is 4.74 Å². The van der Waals surface area contributed by atoms with Gasteiger partial charge in [0.2, 0.25) is 0 Å². The molecule has 0 radical (unpaired) electrons. The van der Waals surface area contributed by atoms with Gasteiger partial charge >= 0.3 is 11.8 Å². The van der Waals surface area contributed by atoms with Crippen molar-refractivity contribution < 1.29 is 18.7 Å². The number of halogens is 1. The first kappa shape index (κ1) is 20.6. The number of nitrogens with zero attached hydrogens (tertiary/aromatic N) is 2. The summed E-state index contributed by atoms with van der Waals surface area (Å²) in [5.74, 6) is -1.15. The van der Waals surface area contributed by atoms with Gasteiger partial charge in [0.15, 0.2) is 0 Å². The molecule has 154 valence electrons. The molecule has 0 atom stereocenters. The van der Waals surface area contributed by atoms with Gasteiger partial charge < -0.3 is 20.3 Å². The van der Waals surface area contributed by atoms with Crippen LogP contribution in [-0.2, 0) is 9.59 Å². The average Bonchev–Trinajstić information content (AvgIpc) is 2.75. The van der Waals surface area contributed by atoms with Crippen molar-refractivity contribution in [1.29, 1.82) is 0 Å². The van der Waals surface area contributed by atoms with Crippen molar-refractivity contribution in [1.82, 2.24) is 10.2 Å². The fraction of sp³-hybridized carbons (Fsp3) is 0.333. The van der Waals surface area contributed by atoms with Crippen molar-refractivity contribution in [3.63, 3.8) is 0 Å². The van der Waals surface area contributed by atoms with Gasteiger partial charge in [0.05, 0.1) is 12.8 Å². The van der Waals surface area contributed by atoms with Crippen LogP contribution in [-0.4, -0.2) is 63.1 Å². The van der Waals surface area contributed by atoms with Gasteiger partial charge in [-0.05, 0) is 36.4 Å². The molecule has 1 aliphatic rings. The van der Waals surface area contributed by atoms with Gasteiger partial charge in [0.25, 0.3) is 0 Å². The Morgan fingerprint density at radius 2 is 1.69 bits per heavy atom. The standard InChI is InChI=1S/C21H25FN4O3/c1-29-19-5-3-2-4-18(19)24-21(28)20(27)23-10-11-25-12-14-26(15-13-25)17-8-6-16(22)7-9-17/h2-9H,10-15H2,1H3,(H,23,27)(H,24,28). The number of hydrogen-bond acceptors (Lipinski definition) is 5. The summed E-state index contributed by atoms with van der Waals surface area (Å²) in [6.45, 7) is 4.36. The number of methoxy groups -OCH3 is 1. The van der Waals surface area contributed by atoms with E-state index in [1.165, 1.54) is 19.2 Å². The number of benzene rings is 2. The molecule has 2 N–H and O–H groups in total. The number of amides is 2. The normalized spacial score (nSPS) is 14.3. The average molecular weight is 400 g/mol. The molecule has 29 heavy (non-hydrogen) atoms. The molecular formula is C21H25FN4O3. The molecule has 1 heterocycles. The maximum absolute atomic E-state index is 13.0. The Balaban J connectivity index is 1.38. The topological polar surface area (TPSA) is 73.9 Å². The Kier molecular flexibility index (Phi) is 7.02. The molecule has 0 aromatic heterocycles. The van der Waals surface area contributed by atoms with Gasteiger partial charge in [-0.2, -0.15) is 0 Å². The number of para-hydroxylation sites is 2. The lowest BCUT2D eigenvalue weighted by molar-refractivity contribution is -0.136. The third-order valence-corrected chi connectivity index (χ3v) is 4.84. The summed E-state index contributed by atoms with van der Waals surface area (Å²) < 4.78 is 18.2. The highest BCUT2D eigenvalue weighted by Gasteiger charge is 2.19. The van der Waals surface area contributed by atoms with Gasteiger partial charge in [-0.3, -0.25) is 14.5 Å². The molecule has 0 aliphatic carbocycles. The first-order chi connectivity index (χ1) is 14.1. The van der Waals surface area contributed by atoms with Gasteiger partial charge in [0, 0.05) is 45.0 Å². The van der Waals surface area contributed by atoms with Crippen LogP contribution in [0.2, 0.25) is 0 Å². The molecular weight excluding hydrogens is 375 g/mol. The molecule has 0 unspecified atom stereocenters. The molecule has 0 spiro atoms. The fourth-order valence-electron chi connectivity index (χ4n) is 3.22. The molecule has 2 aromatic carbocycles. The minimum absolute atomic E-state index is 0.238. The molecule has 1 fully saturated rings. The number of carbonyl (C=O) groups is 2. The first-order valence-corrected chi connectivity index (χ1v) is 9.52. The zero-order valence-electron chi connectivity index (χ0n) is 16.4. The van der Waals surface area contributed by atoms with E-state index >= 15 is 0 Å². The molecule has 2 amide bonds. The summed E-state index contributed by atoms with van der Waals surface area (Å²) in [7, 11) is 1.50. The summed E-state index contributed by atoms with van der Waals surface area (Å²) >= 11 is 0. The minimum atomic E-state index is -0.726. The fourth-order valence-corrected chi connectivity index (χ4v) is 3.22. The molecule has 2 aromatic rings. The van der Waals surface area contributed by atoms with Crippen LogP contribution in [0.25, 0.3) is 0 Å². The highest BCUT2D eigenvalue weighted by Crippen LogP contribution is 2.22. The van der Waals surface area contributed by atoms with E-state index in [0.29, 0.717) is 24.5 Å². The maximum atomic E-state index is 13.0. The van der Waals surface area contributed by atoms with Gasteiger partial charge in [0.1, 0.15) is 11.6 Å². The smallest absolute Gasteiger partial charge is 0.313 e. The largest absolute Gasteiger partial charge is 0.495 e. The quantitative estimate of drug-likeness (QED) is 0.723. The number of carbonyl (C=O) groups excluding carboxylic acids is 2. The van der Waals surface area contributed by atoms with Crippen molar-refractivity contribution in [2.45, 2.75) is 0 Å². The maximum Gasteiger partial charge on any atom is 0.313 e. The van der Waals surface area contributed by atoms with Crippen molar-refractivity contribution >= 4 is 23.2 Å². The van der Waals surface area contributed by atoms with Crippen LogP contribution in [0.5, 0.6) is 5.75 Å². The predicted octanol–water partition coefficient (Wildman–Crippen LogP) is 1.71. The first-order valence-electron chi connectivity index (χ1n) is 9.52. The number of hydrogen-bond donors (Lipinski definition) is 2. The highest BCUT2D eigenvalue weighted by atomic mass is 19.1. The Hall–Kier alpha value is -3.13. The molecule has 0 bridgehead atoms. The summed E-state index contributed by atoms with van der Waals surface area (Å²) in [5, 5.41) is 5.20. The van der Waals surface area contributed by atoms with E-state index < -0.39 is 11.8 Å². The lowest BCUT2D eigenvalue weighted by Gasteiger charge is -2.36. The van der Waals surface area contributed by atoms with Gasteiger partial charge in [-0.15, -0.1) is 0 Å². The second kappa shape index (κ2) is 9.88. The van der Waals surface area contributed by atoms with Crippen LogP contribution in [0.1, 0.15) is 0 Å². The summed E-state index contributed by atoms with van der Waals surface area (Å²) in [4.78, 5) is 28.5. The zero-order chi connectivity index (χ0) is 20.6. The molecule has 0 saturated carbocycles. The Labute approximate surface area is 169 Å². The Bertz CT molecular complexity index is 836. The van der Waals surface area contributed by atoms with Crippen LogP contribution in [0.3, 0.4) is 0 Å². The van der Waals surface area contributed by atoms with E-state index in [0.717, 1.165) is 31.9 Å². The van der Waals surface area contributed by atoms with Crippen LogP contribution < -0.4 is 20.3 Å². The molecule has 7 nitrogen and oxygen atoms in total. The summed E-state index contributed by atoms with van der Waals surface area (Å²) in [5.41, 5.74) is 1.46. The third-order valence-electron chi connectivity index (χ3n) is 4.84. The minimum Gasteiger partial charge on any atom is -0.495 e. The van der Waals surface area contributed by atoms with Crippen molar-refractivity contribution in [2.24, 2.45) is 0 Å². The molecule has 1 saturated heterocycles. The van der Waals surface area contributed by atoms with Crippen LogP contribution in [0.15, 0.2) is 48.5 Å². The highest BCUT2D eigenvalue weighted by molar-refractivity contribution is 6.39. The lowest BCUT2D eigenvalue weighted by atomic mass is 10.2. The van der Waals surface area contributed by atoms with E-state index in [9.17, 15) is 14.0 Å². The van der Waals surface area contributed by atoms with E-state index in [-0.39, 0.29) is 5.82 Å². The predicted molar refractivity (Wildman–Crippen MR) is 110 cm³/mol. The summed E-state index contributed by atoms with van der Waals surface area (Å²) in [6, 6.07) is 13.4. The van der Waals surface area contributed by atoms with Crippen LogP contribution >= 0.6 is 0 Å². The second-order valence-corrected chi connectivity index (χ2v) is 6.72. The van der Waals surface area contributed by atoms with Crippen molar-refractivity contribution in [3.8, 4) is 5.75 Å². The Morgan fingerprint density at radius 1 is 1.00 bits per heavy atom.